The van der Waals surface area contributed by atoms with E-state index in [1.807, 2.05) is 45.0 Å². The zero-order chi connectivity index (χ0) is 18.8. The molecular formula is C20H32N2O3. The zero-order valence-corrected chi connectivity index (χ0v) is 16.2. The molecule has 0 bridgehead atoms. The summed E-state index contributed by atoms with van der Waals surface area (Å²) in [5, 5.41) is 13.5. The quantitative estimate of drug-likeness (QED) is 0.855. The molecule has 1 heterocycles. The molecule has 0 radical (unpaired) electrons. The summed E-state index contributed by atoms with van der Waals surface area (Å²) in [6.07, 6.45) is 0.814. The van der Waals surface area contributed by atoms with Gasteiger partial charge < -0.3 is 20.1 Å². The zero-order valence-electron chi connectivity index (χ0n) is 16.2. The Kier molecular flexibility index (Phi) is 5.99. The number of nitrogens with zero attached hydrogens (tertiary/aromatic N) is 1. The van der Waals surface area contributed by atoms with Crippen molar-refractivity contribution in [3.8, 4) is 0 Å². The van der Waals surface area contributed by atoms with E-state index >= 15 is 0 Å². The van der Waals surface area contributed by atoms with E-state index in [4.69, 9.17) is 4.74 Å². The molecule has 0 spiro atoms. The Hall–Kier alpha value is -1.75. The van der Waals surface area contributed by atoms with Crippen LogP contribution in [-0.2, 0) is 4.74 Å². The number of carbonyl (C=O) groups is 1. The molecule has 0 saturated carbocycles. The molecule has 1 amide bonds. The van der Waals surface area contributed by atoms with Crippen molar-refractivity contribution in [3.05, 3.63) is 29.8 Å². The number of fused-ring (bicyclic) bond motifs is 1. The molecule has 0 fully saturated rings. The topological polar surface area (TPSA) is 61.8 Å². The molecule has 140 valence electrons. The number of para-hydroxylation sites is 1. The van der Waals surface area contributed by atoms with Crippen LogP contribution in [0.3, 0.4) is 0 Å². The first-order valence-electron chi connectivity index (χ1n) is 9.24. The monoisotopic (exact) mass is 348 g/mol. The van der Waals surface area contributed by atoms with Gasteiger partial charge in [-0.15, -0.1) is 0 Å². The minimum absolute atomic E-state index is 0.129. The van der Waals surface area contributed by atoms with Crippen LogP contribution in [0.2, 0.25) is 0 Å². The van der Waals surface area contributed by atoms with Crippen molar-refractivity contribution in [2.75, 3.05) is 4.90 Å². The summed E-state index contributed by atoms with van der Waals surface area (Å²) in [6, 6.07) is 8.01. The Morgan fingerprint density at radius 1 is 1.28 bits per heavy atom. The number of anilines is 1. The average molecular weight is 348 g/mol. The van der Waals surface area contributed by atoms with Crippen molar-refractivity contribution in [1.82, 2.24) is 5.32 Å². The molecule has 0 aliphatic carbocycles. The van der Waals surface area contributed by atoms with Crippen molar-refractivity contribution < 1.29 is 14.6 Å². The molecule has 5 heteroatoms. The van der Waals surface area contributed by atoms with Gasteiger partial charge in [0.05, 0.1) is 6.04 Å². The second-order valence-electron chi connectivity index (χ2n) is 7.77. The number of ether oxygens (including phenoxy) is 1. The van der Waals surface area contributed by atoms with Crippen molar-refractivity contribution in [2.24, 2.45) is 5.92 Å². The molecular weight excluding hydrogens is 316 g/mol. The Bertz CT molecular complexity index is 595. The first kappa shape index (κ1) is 19.6. The number of carbonyl (C=O) groups excluding carboxylic acids is 1. The van der Waals surface area contributed by atoms with Gasteiger partial charge in [0.2, 0.25) is 0 Å². The second-order valence-corrected chi connectivity index (χ2v) is 7.77. The van der Waals surface area contributed by atoms with Gasteiger partial charge in [0.15, 0.2) is 0 Å². The number of hydrogen-bond donors (Lipinski definition) is 2. The molecule has 1 aromatic carbocycles. The predicted octanol–water partition coefficient (Wildman–Crippen LogP) is 4.22. The summed E-state index contributed by atoms with van der Waals surface area (Å²) in [4.78, 5) is 14.5. The van der Waals surface area contributed by atoms with Crippen LogP contribution in [0, 0.1) is 5.92 Å². The fourth-order valence-corrected chi connectivity index (χ4v) is 3.93. The highest BCUT2D eigenvalue weighted by Gasteiger charge is 2.41. The maximum atomic E-state index is 12.4. The van der Waals surface area contributed by atoms with Crippen LogP contribution in [0.1, 0.15) is 66.0 Å². The van der Waals surface area contributed by atoms with Crippen molar-refractivity contribution >= 4 is 11.8 Å². The van der Waals surface area contributed by atoms with E-state index in [1.54, 1.807) is 6.92 Å². The van der Waals surface area contributed by atoms with Crippen LogP contribution in [0.5, 0.6) is 0 Å². The van der Waals surface area contributed by atoms with Gasteiger partial charge >= 0.3 is 6.09 Å². The summed E-state index contributed by atoms with van der Waals surface area (Å²) in [5.74, 6) is 0.196. The summed E-state index contributed by atoms with van der Waals surface area (Å²) in [5.41, 5.74) is 1.48. The third-order valence-electron chi connectivity index (χ3n) is 4.79. The van der Waals surface area contributed by atoms with Gasteiger partial charge in [0.25, 0.3) is 0 Å². The average Bonchev–Trinajstić information content (AvgIpc) is 2.51. The third kappa shape index (κ3) is 4.27. The molecule has 1 unspecified atom stereocenters. The molecule has 2 N–H and O–H groups in total. The van der Waals surface area contributed by atoms with Crippen LogP contribution in [0.4, 0.5) is 10.5 Å². The van der Waals surface area contributed by atoms with Crippen LogP contribution in [-0.4, -0.2) is 29.1 Å². The van der Waals surface area contributed by atoms with Crippen LogP contribution >= 0.6 is 0 Å². The van der Waals surface area contributed by atoms with Gasteiger partial charge in [-0.2, -0.15) is 0 Å². The number of aliphatic hydroxyl groups excluding tert-OH is 1. The van der Waals surface area contributed by atoms with Crippen LogP contribution in [0.15, 0.2) is 24.3 Å². The number of amides is 1. The van der Waals surface area contributed by atoms with E-state index < -0.39 is 17.9 Å². The van der Waals surface area contributed by atoms with Crippen molar-refractivity contribution in [2.45, 2.75) is 78.3 Å². The highest BCUT2D eigenvalue weighted by molar-refractivity contribution is 5.70. The predicted molar refractivity (Wildman–Crippen MR) is 101 cm³/mol. The fourth-order valence-electron chi connectivity index (χ4n) is 3.93. The lowest BCUT2D eigenvalue weighted by Crippen LogP contribution is -2.54. The number of nitrogens with one attached hydrogen (secondary N) is 1. The number of alkyl carbamates (subject to hydrolysis) is 1. The Labute approximate surface area is 151 Å². The van der Waals surface area contributed by atoms with Gasteiger partial charge in [-0.1, -0.05) is 32.0 Å². The maximum absolute atomic E-state index is 12.4. The summed E-state index contributed by atoms with van der Waals surface area (Å²) >= 11 is 0. The first-order chi connectivity index (χ1) is 11.7. The van der Waals surface area contributed by atoms with Crippen LogP contribution < -0.4 is 10.2 Å². The lowest BCUT2D eigenvalue weighted by atomic mass is 9.78. The van der Waals surface area contributed by atoms with E-state index in [0.717, 1.165) is 24.1 Å². The van der Waals surface area contributed by atoms with E-state index in [-0.39, 0.29) is 18.0 Å². The standard InChI is InChI=1S/C20H32N2O3/c1-7-14-16(8-2)22(13(3)23)17-12-10-9-11-15(17)18(14)21-19(24)25-20(4,5)6/h9-14,16,18,23H,7-8H2,1-6H3,(H,21,24)/t13?,14-,16-,18+/m0/s1. The Morgan fingerprint density at radius 2 is 1.92 bits per heavy atom. The normalized spacial score (nSPS) is 24.4. The SMILES string of the molecule is CC[C@@H]1[C@@H](NC(=O)OC(C)(C)C)c2ccccc2N(C(C)O)[C@H]1CC. The minimum Gasteiger partial charge on any atom is -0.444 e. The number of benzene rings is 1. The highest BCUT2D eigenvalue weighted by Crippen LogP contribution is 2.44. The summed E-state index contributed by atoms with van der Waals surface area (Å²) in [6.45, 7) is 11.6. The van der Waals surface area contributed by atoms with E-state index in [0.29, 0.717) is 0 Å². The number of aliphatic hydroxyl groups is 1. The molecule has 1 aliphatic rings. The molecule has 2 rings (SSSR count). The largest absolute Gasteiger partial charge is 0.444 e. The Balaban J connectivity index is 2.42. The van der Waals surface area contributed by atoms with Crippen molar-refractivity contribution in [1.29, 1.82) is 0 Å². The molecule has 25 heavy (non-hydrogen) atoms. The highest BCUT2D eigenvalue weighted by atomic mass is 16.6. The minimum atomic E-state index is -0.581. The summed E-state index contributed by atoms with van der Waals surface area (Å²) in [7, 11) is 0. The van der Waals surface area contributed by atoms with Gasteiger partial charge in [-0.3, -0.25) is 0 Å². The smallest absolute Gasteiger partial charge is 0.408 e. The van der Waals surface area contributed by atoms with Crippen molar-refractivity contribution in [3.63, 3.8) is 0 Å². The van der Waals surface area contributed by atoms with Gasteiger partial charge in [0.1, 0.15) is 11.8 Å². The molecule has 1 aromatic rings. The van der Waals surface area contributed by atoms with Gasteiger partial charge in [-0.05, 0) is 52.2 Å². The summed E-state index contributed by atoms with van der Waals surface area (Å²) < 4.78 is 5.48. The Morgan fingerprint density at radius 3 is 2.44 bits per heavy atom. The van der Waals surface area contributed by atoms with E-state index in [9.17, 15) is 9.90 Å². The first-order valence-corrected chi connectivity index (χ1v) is 9.24. The molecule has 1 aliphatic heterocycles. The van der Waals surface area contributed by atoms with Gasteiger partial charge in [-0.25, -0.2) is 4.79 Å². The number of rotatable bonds is 4. The molecule has 5 nitrogen and oxygen atoms in total. The maximum Gasteiger partial charge on any atom is 0.408 e. The lowest BCUT2D eigenvalue weighted by Gasteiger charge is -2.48. The third-order valence-corrected chi connectivity index (χ3v) is 4.79. The van der Waals surface area contributed by atoms with Gasteiger partial charge in [0, 0.05) is 17.6 Å². The number of hydrogen-bond acceptors (Lipinski definition) is 4. The second kappa shape index (κ2) is 7.65. The molecule has 0 saturated heterocycles. The van der Waals surface area contributed by atoms with E-state index in [2.05, 4.69) is 24.1 Å². The van der Waals surface area contributed by atoms with E-state index in [1.165, 1.54) is 0 Å². The molecule has 0 aromatic heterocycles. The fraction of sp³-hybridized carbons (Fsp3) is 0.650. The van der Waals surface area contributed by atoms with Crippen LogP contribution in [0.25, 0.3) is 0 Å². The lowest BCUT2D eigenvalue weighted by molar-refractivity contribution is 0.0466. The molecule has 4 atom stereocenters.